The van der Waals surface area contributed by atoms with E-state index in [1.165, 1.54) is 0 Å². The first-order valence-corrected chi connectivity index (χ1v) is 9.65. The number of carbonyl (C=O) groups is 1. The number of Topliss-reactive ketones (excluding diaryl/α,β-unsaturated/α-hetero) is 1. The second-order valence-electron chi connectivity index (χ2n) is 8.56. The van der Waals surface area contributed by atoms with Crippen molar-refractivity contribution in [3.05, 3.63) is 0 Å². The summed E-state index contributed by atoms with van der Waals surface area (Å²) in [6, 6.07) is -0.122. The molecule has 4 rings (SSSR count). The molecule has 6 nitrogen and oxygen atoms in total. The summed E-state index contributed by atoms with van der Waals surface area (Å²) in [7, 11) is 5.30. The average molecular weight is 353 g/mol. The molecule has 0 amide bonds. The number of aliphatic hydroxyl groups excluding tert-OH is 2. The minimum atomic E-state index is -0.697. The summed E-state index contributed by atoms with van der Waals surface area (Å²) in [6.07, 6.45) is 1.47. The van der Waals surface area contributed by atoms with Crippen molar-refractivity contribution in [2.45, 2.75) is 56.1 Å². The monoisotopic (exact) mass is 353 g/mol. The molecular weight excluding hydrogens is 322 g/mol. The highest BCUT2D eigenvalue weighted by Gasteiger charge is 2.63. The first-order chi connectivity index (χ1) is 12.0. The van der Waals surface area contributed by atoms with Gasteiger partial charge in [-0.3, -0.25) is 9.69 Å². The van der Waals surface area contributed by atoms with E-state index in [1.807, 2.05) is 7.05 Å². The van der Waals surface area contributed by atoms with E-state index < -0.39 is 12.2 Å². The number of likely N-dealkylation sites (tertiary alicyclic amines) is 1. The topological polar surface area (TPSA) is 79.2 Å². The molecule has 1 saturated heterocycles. The summed E-state index contributed by atoms with van der Waals surface area (Å²) in [6.45, 7) is 0.914. The van der Waals surface area contributed by atoms with E-state index in [-0.39, 0.29) is 47.7 Å². The van der Waals surface area contributed by atoms with Gasteiger partial charge in [0.1, 0.15) is 0 Å². The smallest absolute Gasteiger partial charge is 0.153 e. The van der Waals surface area contributed by atoms with Crippen molar-refractivity contribution in [3.8, 4) is 0 Å². The van der Waals surface area contributed by atoms with Gasteiger partial charge in [-0.15, -0.1) is 0 Å². The van der Waals surface area contributed by atoms with Crippen LogP contribution < -0.4 is 0 Å². The van der Waals surface area contributed by atoms with Crippen LogP contribution in [0.4, 0.5) is 0 Å². The quantitative estimate of drug-likeness (QED) is 0.744. The van der Waals surface area contributed by atoms with E-state index >= 15 is 0 Å². The normalized spacial score (nSPS) is 53.2. The molecule has 1 heterocycles. The molecule has 25 heavy (non-hydrogen) atoms. The van der Waals surface area contributed by atoms with Gasteiger partial charge >= 0.3 is 0 Å². The molecule has 0 aromatic carbocycles. The van der Waals surface area contributed by atoms with Crippen LogP contribution in [-0.4, -0.2) is 79.2 Å². The predicted molar refractivity (Wildman–Crippen MR) is 91.0 cm³/mol. The Hall–Kier alpha value is -0.530. The van der Waals surface area contributed by atoms with Crippen LogP contribution in [0.3, 0.4) is 0 Å². The number of likely N-dealkylation sites (N-methyl/N-ethyl adjacent to an activating group) is 1. The molecule has 6 heteroatoms. The zero-order valence-corrected chi connectivity index (χ0v) is 15.4. The molecule has 142 valence electrons. The van der Waals surface area contributed by atoms with Crippen LogP contribution in [0.5, 0.6) is 0 Å². The summed E-state index contributed by atoms with van der Waals surface area (Å²) >= 11 is 0. The Morgan fingerprint density at radius 3 is 2.32 bits per heavy atom. The fourth-order valence-corrected chi connectivity index (χ4v) is 6.59. The number of fused-ring (bicyclic) bond motifs is 2. The second kappa shape index (κ2) is 6.57. The van der Waals surface area contributed by atoms with Gasteiger partial charge < -0.3 is 19.7 Å². The van der Waals surface area contributed by atoms with E-state index in [9.17, 15) is 15.0 Å². The van der Waals surface area contributed by atoms with Crippen molar-refractivity contribution < 1.29 is 24.5 Å². The Morgan fingerprint density at radius 2 is 1.64 bits per heavy atom. The van der Waals surface area contributed by atoms with Crippen LogP contribution in [0.25, 0.3) is 0 Å². The molecule has 0 aromatic rings. The van der Waals surface area contributed by atoms with Gasteiger partial charge in [0, 0.05) is 26.1 Å². The minimum Gasteiger partial charge on any atom is -0.390 e. The molecule has 3 saturated carbocycles. The highest BCUT2D eigenvalue weighted by molar-refractivity contribution is 5.88. The molecule has 1 aliphatic heterocycles. The van der Waals surface area contributed by atoms with Crippen molar-refractivity contribution in [1.29, 1.82) is 0 Å². The second-order valence-corrected chi connectivity index (χ2v) is 8.56. The summed E-state index contributed by atoms with van der Waals surface area (Å²) in [4.78, 5) is 15.5. The Balaban J connectivity index is 1.76. The molecular formula is C19H31NO5. The van der Waals surface area contributed by atoms with Crippen molar-refractivity contribution >= 4 is 5.78 Å². The number of rotatable bonds is 2. The van der Waals surface area contributed by atoms with Gasteiger partial charge in [0.05, 0.1) is 30.5 Å². The van der Waals surface area contributed by atoms with Gasteiger partial charge in [0.15, 0.2) is 5.78 Å². The first-order valence-electron chi connectivity index (χ1n) is 9.65. The fourth-order valence-electron chi connectivity index (χ4n) is 6.59. The largest absolute Gasteiger partial charge is 0.390 e. The number of hydrogen-bond acceptors (Lipinski definition) is 6. The van der Waals surface area contributed by atoms with Crippen LogP contribution in [-0.2, 0) is 14.3 Å². The molecule has 10 atom stereocenters. The highest BCUT2D eigenvalue weighted by Crippen LogP contribution is 2.55. The summed E-state index contributed by atoms with van der Waals surface area (Å²) in [5.74, 6) is 0.245. The van der Waals surface area contributed by atoms with E-state index in [4.69, 9.17) is 9.47 Å². The first kappa shape index (κ1) is 17.9. The molecule has 4 aliphatic rings. The third kappa shape index (κ3) is 2.52. The molecule has 3 aliphatic carbocycles. The van der Waals surface area contributed by atoms with Crippen molar-refractivity contribution in [2.24, 2.45) is 29.6 Å². The minimum absolute atomic E-state index is 0.105. The van der Waals surface area contributed by atoms with Crippen LogP contribution in [0, 0.1) is 29.6 Å². The number of ether oxygens (including phenoxy) is 2. The van der Waals surface area contributed by atoms with Crippen molar-refractivity contribution in [1.82, 2.24) is 4.90 Å². The van der Waals surface area contributed by atoms with Gasteiger partial charge in [-0.25, -0.2) is 0 Å². The Labute approximate surface area is 149 Å². The van der Waals surface area contributed by atoms with E-state index in [1.54, 1.807) is 14.2 Å². The standard InChI is InChI=1S/C19H31NO5/c1-20-7-6-9-8-12(25-3)19(23)15-13(9)16(20)17(21)10-4-5-11(24-2)18(22)14(10)15/h9-16,18-19,22-23H,4-8H2,1-3H3. The Morgan fingerprint density at radius 1 is 0.960 bits per heavy atom. The van der Waals surface area contributed by atoms with E-state index in [0.29, 0.717) is 12.3 Å². The van der Waals surface area contributed by atoms with Gasteiger partial charge in [0.2, 0.25) is 0 Å². The fraction of sp³-hybridized carbons (Fsp3) is 0.947. The molecule has 0 radical (unpaired) electrons. The predicted octanol–water partition coefficient (Wildman–Crippen LogP) is 0.304. The van der Waals surface area contributed by atoms with Crippen LogP contribution in [0.15, 0.2) is 0 Å². The average Bonchev–Trinajstić information content (AvgIpc) is 2.61. The maximum atomic E-state index is 13.3. The number of carbonyl (C=O) groups excluding carboxylic acids is 1. The highest BCUT2D eigenvalue weighted by atomic mass is 16.5. The number of nitrogens with zero attached hydrogens (tertiary/aromatic N) is 1. The third-order valence-corrected chi connectivity index (χ3v) is 7.70. The maximum Gasteiger partial charge on any atom is 0.153 e. The van der Waals surface area contributed by atoms with E-state index in [2.05, 4.69) is 4.90 Å². The Bertz CT molecular complexity index is 528. The summed E-state index contributed by atoms with van der Waals surface area (Å²) < 4.78 is 11.1. The van der Waals surface area contributed by atoms with Gasteiger partial charge in [-0.2, -0.15) is 0 Å². The van der Waals surface area contributed by atoms with Crippen LogP contribution in [0.1, 0.15) is 25.7 Å². The third-order valence-electron chi connectivity index (χ3n) is 7.70. The molecule has 4 fully saturated rings. The molecule has 0 aromatic heterocycles. The van der Waals surface area contributed by atoms with Crippen LogP contribution >= 0.6 is 0 Å². The zero-order chi connectivity index (χ0) is 17.9. The van der Waals surface area contributed by atoms with E-state index in [0.717, 1.165) is 25.8 Å². The summed E-state index contributed by atoms with van der Waals surface area (Å²) in [5.41, 5.74) is 0. The maximum absolute atomic E-state index is 13.3. The van der Waals surface area contributed by atoms with Gasteiger partial charge in [0.25, 0.3) is 0 Å². The zero-order valence-electron chi connectivity index (χ0n) is 15.4. The lowest BCUT2D eigenvalue weighted by atomic mass is 9.49. The number of methoxy groups -OCH3 is 2. The SMILES string of the molecule is COC1CCC2C(=O)C3C4C(CCN3C)CC(OC)C(O)C4C2C1O. The lowest BCUT2D eigenvalue weighted by Gasteiger charge is -2.61. The number of hydrogen-bond donors (Lipinski definition) is 2. The lowest BCUT2D eigenvalue weighted by molar-refractivity contribution is -0.211. The van der Waals surface area contributed by atoms with Crippen molar-refractivity contribution in [3.63, 3.8) is 0 Å². The summed E-state index contributed by atoms with van der Waals surface area (Å²) in [5, 5.41) is 22.1. The number of ketones is 1. The number of aliphatic hydroxyl groups is 2. The molecule has 0 bridgehead atoms. The lowest BCUT2D eigenvalue weighted by Crippen LogP contribution is -2.70. The molecule has 0 spiro atoms. The number of piperidine rings is 1. The van der Waals surface area contributed by atoms with Crippen LogP contribution in [0.2, 0.25) is 0 Å². The van der Waals surface area contributed by atoms with Gasteiger partial charge in [-0.05, 0) is 57.0 Å². The van der Waals surface area contributed by atoms with Crippen molar-refractivity contribution in [2.75, 3.05) is 27.8 Å². The Kier molecular flexibility index (Phi) is 4.69. The molecule has 2 N–H and O–H groups in total. The molecule has 10 unspecified atom stereocenters. The van der Waals surface area contributed by atoms with Gasteiger partial charge in [-0.1, -0.05) is 0 Å².